The van der Waals surface area contributed by atoms with E-state index in [4.69, 9.17) is 0 Å². The third kappa shape index (κ3) is 4.17. The van der Waals surface area contributed by atoms with E-state index >= 15 is 0 Å². The van der Waals surface area contributed by atoms with Crippen LogP contribution in [0, 0.1) is 17.5 Å². The fraction of sp³-hybridized carbons (Fsp3) is 0.0526. The summed E-state index contributed by atoms with van der Waals surface area (Å²) in [5.41, 5.74) is 0.663. The van der Waals surface area contributed by atoms with Crippen molar-refractivity contribution in [1.29, 1.82) is 0 Å². The van der Waals surface area contributed by atoms with Crippen molar-refractivity contribution < 1.29 is 22.8 Å². The maximum atomic E-state index is 14.0. The summed E-state index contributed by atoms with van der Waals surface area (Å²) in [4.78, 5) is 24.0. The van der Waals surface area contributed by atoms with Gasteiger partial charge in [-0.3, -0.25) is 9.59 Å². The van der Waals surface area contributed by atoms with Crippen LogP contribution in [0.5, 0.6) is 0 Å². The quantitative estimate of drug-likeness (QED) is 0.656. The van der Waals surface area contributed by atoms with E-state index in [1.54, 1.807) is 11.4 Å². The Balaban J connectivity index is 1.90. The Hall–Kier alpha value is -3.13. The molecule has 2 N–H and O–H groups in total. The second-order valence-corrected chi connectivity index (χ2v) is 6.53. The molecule has 0 unspecified atom stereocenters. The number of rotatable bonds is 4. The normalized spacial score (nSPS) is 10.5. The lowest BCUT2D eigenvalue weighted by atomic mass is 10.1. The van der Waals surface area contributed by atoms with E-state index < -0.39 is 29.3 Å². The highest BCUT2D eigenvalue weighted by Crippen LogP contribution is 2.30. The van der Waals surface area contributed by atoms with Crippen LogP contribution in [0.1, 0.15) is 16.6 Å². The summed E-state index contributed by atoms with van der Waals surface area (Å²) in [5, 5.41) is 6.28. The zero-order chi connectivity index (χ0) is 19.6. The van der Waals surface area contributed by atoms with Crippen LogP contribution in [-0.4, -0.2) is 11.8 Å². The molecule has 138 valence electrons. The largest absolute Gasteiger partial charge is 0.324 e. The second-order valence-electron chi connectivity index (χ2n) is 5.62. The number of carbonyl (C=O) groups excluding carboxylic acids is 2. The van der Waals surface area contributed by atoms with E-state index in [1.807, 2.05) is 0 Å². The molecule has 1 heterocycles. The van der Waals surface area contributed by atoms with Crippen molar-refractivity contribution in [2.45, 2.75) is 6.92 Å². The van der Waals surface area contributed by atoms with Gasteiger partial charge in [-0.15, -0.1) is 11.3 Å². The standard InChI is InChI=1S/C19H13F3N2O2S/c1-10(25)23-16-9-17(15(22)8-14(16)21)24-19(26)18-13(6-7-27-18)11-2-4-12(20)5-3-11/h2-9H,1H3,(H,23,25)(H,24,26). The number of amides is 2. The molecule has 2 amide bonds. The maximum Gasteiger partial charge on any atom is 0.266 e. The highest BCUT2D eigenvalue weighted by atomic mass is 32.1. The molecule has 0 aliphatic rings. The van der Waals surface area contributed by atoms with Gasteiger partial charge >= 0.3 is 0 Å². The van der Waals surface area contributed by atoms with Gasteiger partial charge in [0, 0.05) is 18.6 Å². The molecule has 3 rings (SSSR count). The summed E-state index contributed by atoms with van der Waals surface area (Å²) < 4.78 is 40.9. The molecule has 0 saturated heterocycles. The average Bonchev–Trinajstić information content (AvgIpc) is 3.09. The van der Waals surface area contributed by atoms with Crippen LogP contribution in [-0.2, 0) is 4.79 Å². The zero-order valence-corrected chi connectivity index (χ0v) is 14.8. The molecule has 0 aliphatic carbocycles. The average molecular weight is 390 g/mol. The predicted octanol–water partition coefficient (Wildman–Crippen LogP) is 5.04. The van der Waals surface area contributed by atoms with E-state index in [-0.39, 0.29) is 16.3 Å². The van der Waals surface area contributed by atoms with Gasteiger partial charge in [0.05, 0.1) is 16.3 Å². The second kappa shape index (κ2) is 7.63. The summed E-state index contributed by atoms with van der Waals surface area (Å²) in [6.45, 7) is 1.18. The first-order valence-corrected chi connectivity index (χ1v) is 8.64. The van der Waals surface area contributed by atoms with Crippen molar-refractivity contribution in [1.82, 2.24) is 0 Å². The van der Waals surface area contributed by atoms with E-state index in [9.17, 15) is 22.8 Å². The Morgan fingerprint density at radius 1 is 0.889 bits per heavy atom. The van der Waals surface area contributed by atoms with Crippen LogP contribution in [0.3, 0.4) is 0 Å². The summed E-state index contributed by atoms with van der Waals surface area (Å²) >= 11 is 1.13. The number of anilines is 2. The van der Waals surface area contributed by atoms with E-state index in [1.165, 1.54) is 31.2 Å². The molecule has 0 atom stereocenters. The Morgan fingerprint density at radius 3 is 2.15 bits per heavy atom. The molecular formula is C19H13F3N2O2S. The number of carbonyl (C=O) groups is 2. The first-order chi connectivity index (χ1) is 12.8. The summed E-state index contributed by atoms with van der Waals surface area (Å²) in [5.74, 6) is -3.48. The van der Waals surface area contributed by atoms with Gasteiger partial charge in [-0.2, -0.15) is 0 Å². The Labute approximate surface area is 156 Å². The molecule has 0 saturated carbocycles. The van der Waals surface area contributed by atoms with Gasteiger partial charge < -0.3 is 10.6 Å². The minimum absolute atomic E-state index is 0.246. The molecule has 0 aliphatic heterocycles. The number of thiophene rings is 1. The lowest BCUT2D eigenvalue weighted by molar-refractivity contribution is -0.114. The number of benzene rings is 2. The van der Waals surface area contributed by atoms with Gasteiger partial charge in [0.2, 0.25) is 5.91 Å². The van der Waals surface area contributed by atoms with Crippen molar-refractivity contribution in [2.24, 2.45) is 0 Å². The molecule has 4 nitrogen and oxygen atoms in total. The van der Waals surface area contributed by atoms with Crippen molar-refractivity contribution in [3.8, 4) is 11.1 Å². The fourth-order valence-corrected chi connectivity index (χ4v) is 3.26. The van der Waals surface area contributed by atoms with E-state index in [0.29, 0.717) is 17.2 Å². The Morgan fingerprint density at radius 2 is 1.52 bits per heavy atom. The predicted molar refractivity (Wildman–Crippen MR) is 98.3 cm³/mol. The third-order valence-corrected chi connectivity index (χ3v) is 4.56. The highest BCUT2D eigenvalue weighted by Gasteiger charge is 2.18. The first kappa shape index (κ1) is 18.7. The number of halogens is 3. The molecule has 0 spiro atoms. The molecule has 1 aromatic heterocycles. The zero-order valence-electron chi connectivity index (χ0n) is 14.0. The van der Waals surface area contributed by atoms with Crippen LogP contribution in [0.25, 0.3) is 11.1 Å². The minimum Gasteiger partial charge on any atom is -0.324 e. The third-order valence-electron chi connectivity index (χ3n) is 3.64. The SMILES string of the molecule is CC(=O)Nc1cc(NC(=O)c2sccc2-c2ccc(F)cc2)c(F)cc1F. The number of nitrogens with one attached hydrogen (secondary N) is 2. The van der Waals surface area contributed by atoms with Gasteiger partial charge in [0.15, 0.2) is 0 Å². The first-order valence-electron chi connectivity index (χ1n) is 7.76. The maximum absolute atomic E-state index is 14.0. The molecule has 27 heavy (non-hydrogen) atoms. The Kier molecular flexibility index (Phi) is 5.27. The fourth-order valence-electron chi connectivity index (χ4n) is 2.45. The monoisotopic (exact) mass is 390 g/mol. The van der Waals surface area contributed by atoms with Gasteiger partial charge in [-0.1, -0.05) is 12.1 Å². The molecular weight excluding hydrogens is 377 g/mol. The Bertz CT molecular complexity index is 1020. The molecule has 0 radical (unpaired) electrons. The van der Waals surface area contributed by atoms with Gasteiger partial charge in [0.1, 0.15) is 17.5 Å². The van der Waals surface area contributed by atoms with Gasteiger partial charge in [-0.05, 0) is 35.2 Å². The van der Waals surface area contributed by atoms with Crippen LogP contribution >= 0.6 is 11.3 Å². The highest BCUT2D eigenvalue weighted by molar-refractivity contribution is 7.12. The van der Waals surface area contributed by atoms with E-state index in [2.05, 4.69) is 10.6 Å². The molecule has 8 heteroatoms. The number of hydrogen-bond donors (Lipinski definition) is 2. The summed E-state index contributed by atoms with van der Waals surface area (Å²) in [7, 11) is 0. The number of hydrogen-bond acceptors (Lipinski definition) is 3. The van der Waals surface area contributed by atoms with Crippen LogP contribution in [0.15, 0.2) is 47.8 Å². The molecule has 0 fully saturated rings. The van der Waals surface area contributed by atoms with Crippen LogP contribution in [0.4, 0.5) is 24.5 Å². The van der Waals surface area contributed by atoms with E-state index in [0.717, 1.165) is 17.4 Å². The van der Waals surface area contributed by atoms with Crippen LogP contribution < -0.4 is 10.6 Å². The lowest BCUT2D eigenvalue weighted by Gasteiger charge is -2.11. The smallest absolute Gasteiger partial charge is 0.266 e. The van der Waals surface area contributed by atoms with Crippen molar-refractivity contribution in [2.75, 3.05) is 10.6 Å². The summed E-state index contributed by atoms with van der Waals surface area (Å²) in [6.07, 6.45) is 0. The minimum atomic E-state index is -0.977. The summed E-state index contributed by atoms with van der Waals surface area (Å²) in [6, 6.07) is 8.88. The molecule has 2 aromatic carbocycles. The van der Waals surface area contributed by atoms with Crippen LogP contribution in [0.2, 0.25) is 0 Å². The van der Waals surface area contributed by atoms with Crippen molar-refractivity contribution in [3.63, 3.8) is 0 Å². The van der Waals surface area contributed by atoms with Gasteiger partial charge in [-0.25, -0.2) is 13.2 Å². The topological polar surface area (TPSA) is 58.2 Å². The molecule has 3 aromatic rings. The van der Waals surface area contributed by atoms with Crippen molar-refractivity contribution >= 4 is 34.5 Å². The lowest BCUT2D eigenvalue weighted by Crippen LogP contribution is -2.14. The molecule has 0 bridgehead atoms. The van der Waals surface area contributed by atoms with Gasteiger partial charge in [0.25, 0.3) is 5.91 Å². The van der Waals surface area contributed by atoms with Crippen molar-refractivity contribution in [3.05, 3.63) is 70.2 Å².